The number of aromatic nitrogens is 1. The van der Waals surface area contributed by atoms with Crippen LogP contribution in [0.5, 0.6) is 0 Å². The maximum atomic E-state index is 12.5. The van der Waals surface area contributed by atoms with E-state index in [0.29, 0.717) is 12.8 Å². The van der Waals surface area contributed by atoms with Gasteiger partial charge in [-0.3, -0.25) is 9.59 Å². The molecule has 25 heavy (non-hydrogen) atoms. The van der Waals surface area contributed by atoms with Crippen molar-refractivity contribution in [2.75, 3.05) is 6.54 Å². The van der Waals surface area contributed by atoms with Crippen LogP contribution in [0.25, 0.3) is 10.9 Å². The summed E-state index contributed by atoms with van der Waals surface area (Å²) in [6.07, 6.45) is 3.67. The van der Waals surface area contributed by atoms with Gasteiger partial charge in [-0.1, -0.05) is 31.5 Å². The average Bonchev–Trinajstić information content (AvgIpc) is 2.95. The summed E-state index contributed by atoms with van der Waals surface area (Å²) >= 11 is 0. The molecule has 2 atom stereocenters. The van der Waals surface area contributed by atoms with E-state index in [1.807, 2.05) is 37.4 Å². The Morgan fingerprint density at radius 3 is 2.72 bits per heavy atom. The maximum Gasteiger partial charge on any atom is 0.243 e. The van der Waals surface area contributed by atoms with Crippen LogP contribution in [-0.2, 0) is 16.0 Å². The predicted molar refractivity (Wildman–Crippen MR) is 98.1 cm³/mol. The van der Waals surface area contributed by atoms with E-state index in [4.69, 9.17) is 0 Å². The second-order valence-electron chi connectivity index (χ2n) is 6.78. The lowest BCUT2D eigenvalue weighted by Gasteiger charge is -2.25. The predicted octanol–water partition coefficient (Wildman–Crippen LogP) is 1.88. The minimum atomic E-state index is -0.952. The van der Waals surface area contributed by atoms with E-state index in [9.17, 15) is 14.7 Å². The Morgan fingerprint density at radius 2 is 2.04 bits per heavy atom. The smallest absolute Gasteiger partial charge is 0.243 e. The van der Waals surface area contributed by atoms with Crippen molar-refractivity contribution < 1.29 is 14.7 Å². The van der Waals surface area contributed by atoms with Crippen molar-refractivity contribution in [2.24, 2.45) is 0 Å². The molecule has 0 fully saturated rings. The highest BCUT2D eigenvalue weighted by Crippen LogP contribution is 2.19. The van der Waals surface area contributed by atoms with Gasteiger partial charge in [0.05, 0.1) is 5.60 Å². The highest BCUT2D eigenvalue weighted by atomic mass is 16.3. The van der Waals surface area contributed by atoms with E-state index in [2.05, 4.69) is 15.6 Å². The Kier molecular flexibility index (Phi) is 6.20. The first-order valence-electron chi connectivity index (χ1n) is 8.64. The zero-order valence-electron chi connectivity index (χ0n) is 15.1. The first-order chi connectivity index (χ1) is 11.8. The van der Waals surface area contributed by atoms with Gasteiger partial charge in [-0.2, -0.15) is 0 Å². The van der Waals surface area contributed by atoms with Gasteiger partial charge in [0.2, 0.25) is 11.8 Å². The summed E-state index contributed by atoms with van der Waals surface area (Å²) in [5.74, 6) is -0.558. The number of nitrogens with one attached hydrogen (secondary N) is 3. The normalized spacial score (nSPS) is 14.7. The van der Waals surface area contributed by atoms with Crippen LogP contribution in [0.3, 0.4) is 0 Å². The fourth-order valence-corrected chi connectivity index (χ4v) is 3.00. The third-order valence-electron chi connectivity index (χ3n) is 4.22. The molecular weight excluding hydrogens is 318 g/mol. The van der Waals surface area contributed by atoms with E-state index < -0.39 is 11.6 Å². The molecule has 2 amide bonds. The van der Waals surface area contributed by atoms with Gasteiger partial charge in [-0.05, 0) is 25.0 Å². The summed E-state index contributed by atoms with van der Waals surface area (Å²) in [5.41, 5.74) is 1.00. The van der Waals surface area contributed by atoms with Crippen LogP contribution >= 0.6 is 0 Å². The Labute approximate surface area is 148 Å². The molecule has 0 saturated carbocycles. The zero-order chi connectivity index (χ0) is 18.4. The number of para-hydroxylation sites is 1. The van der Waals surface area contributed by atoms with Gasteiger partial charge < -0.3 is 20.7 Å². The zero-order valence-corrected chi connectivity index (χ0v) is 15.1. The van der Waals surface area contributed by atoms with Gasteiger partial charge >= 0.3 is 0 Å². The fourth-order valence-electron chi connectivity index (χ4n) is 3.00. The summed E-state index contributed by atoms with van der Waals surface area (Å²) < 4.78 is 0. The summed E-state index contributed by atoms with van der Waals surface area (Å²) in [5, 5.41) is 16.7. The second kappa shape index (κ2) is 8.16. The number of carbonyl (C=O) groups excluding carboxylic acids is 2. The van der Waals surface area contributed by atoms with Crippen molar-refractivity contribution in [1.82, 2.24) is 15.6 Å². The van der Waals surface area contributed by atoms with Crippen LogP contribution in [0.1, 0.15) is 39.2 Å². The van der Waals surface area contributed by atoms with Gasteiger partial charge in [-0.25, -0.2) is 0 Å². The van der Waals surface area contributed by atoms with E-state index >= 15 is 0 Å². The third kappa shape index (κ3) is 5.32. The lowest BCUT2D eigenvalue weighted by Crippen LogP contribution is -2.50. The van der Waals surface area contributed by atoms with Gasteiger partial charge in [0.25, 0.3) is 0 Å². The summed E-state index contributed by atoms with van der Waals surface area (Å²) in [6.45, 7) is 5.23. The number of rotatable bonds is 8. The van der Waals surface area contributed by atoms with Crippen LogP contribution in [-0.4, -0.2) is 40.1 Å². The number of aliphatic hydroxyl groups is 1. The second-order valence-corrected chi connectivity index (χ2v) is 6.78. The number of fused-ring (bicyclic) bond motifs is 1. The van der Waals surface area contributed by atoms with E-state index in [0.717, 1.165) is 22.9 Å². The third-order valence-corrected chi connectivity index (χ3v) is 4.22. The molecule has 6 heteroatoms. The number of benzene rings is 1. The first-order valence-corrected chi connectivity index (χ1v) is 8.64. The molecule has 2 aromatic rings. The Bertz CT molecular complexity index is 736. The topological polar surface area (TPSA) is 94.2 Å². The summed E-state index contributed by atoms with van der Waals surface area (Å²) in [7, 11) is 0. The quantitative estimate of drug-likeness (QED) is 0.588. The Balaban J connectivity index is 2.10. The number of carbonyl (C=O) groups is 2. The summed E-state index contributed by atoms with van der Waals surface area (Å²) in [6, 6.07) is 7.14. The van der Waals surface area contributed by atoms with Crippen LogP contribution in [0, 0.1) is 0 Å². The molecule has 0 aliphatic heterocycles. The van der Waals surface area contributed by atoms with E-state index in [1.54, 1.807) is 6.92 Å². The van der Waals surface area contributed by atoms with Crippen LogP contribution in [0.4, 0.5) is 0 Å². The van der Waals surface area contributed by atoms with E-state index in [1.165, 1.54) is 6.92 Å². The number of H-pyrrole nitrogens is 1. The SMILES string of the molecule is CCC[C@](C)(O)CNC(=O)[C@H](Cc1c[nH]c2ccccc12)NC(C)=O. The van der Waals surface area contributed by atoms with Crippen molar-refractivity contribution >= 4 is 22.7 Å². The van der Waals surface area contributed by atoms with Crippen LogP contribution in [0.15, 0.2) is 30.5 Å². The average molecular weight is 345 g/mol. The minimum Gasteiger partial charge on any atom is -0.388 e. The fraction of sp³-hybridized carbons (Fsp3) is 0.474. The number of aromatic amines is 1. The Morgan fingerprint density at radius 1 is 1.32 bits per heavy atom. The number of amides is 2. The molecule has 2 rings (SSSR count). The van der Waals surface area contributed by atoms with Crippen molar-refractivity contribution in [3.63, 3.8) is 0 Å². The molecule has 1 aromatic carbocycles. The lowest BCUT2D eigenvalue weighted by atomic mass is 10.00. The number of hydrogen-bond acceptors (Lipinski definition) is 3. The monoisotopic (exact) mass is 345 g/mol. The highest BCUT2D eigenvalue weighted by Gasteiger charge is 2.25. The molecule has 0 aliphatic carbocycles. The molecule has 0 saturated heterocycles. The van der Waals surface area contributed by atoms with Gasteiger partial charge in [-0.15, -0.1) is 0 Å². The largest absolute Gasteiger partial charge is 0.388 e. The molecule has 0 aliphatic rings. The lowest BCUT2D eigenvalue weighted by molar-refractivity contribution is -0.128. The molecule has 0 radical (unpaired) electrons. The molecular formula is C19H27N3O3. The molecule has 0 bridgehead atoms. The highest BCUT2D eigenvalue weighted by molar-refractivity contribution is 5.89. The van der Waals surface area contributed by atoms with Crippen molar-refractivity contribution in [1.29, 1.82) is 0 Å². The number of hydrogen-bond donors (Lipinski definition) is 4. The van der Waals surface area contributed by atoms with Crippen molar-refractivity contribution in [3.05, 3.63) is 36.0 Å². The minimum absolute atomic E-state index is 0.156. The van der Waals surface area contributed by atoms with Gasteiger partial charge in [0, 0.05) is 37.0 Å². The Hall–Kier alpha value is -2.34. The summed E-state index contributed by atoms with van der Waals surface area (Å²) in [4.78, 5) is 27.2. The molecule has 1 heterocycles. The van der Waals surface area contributed by atoms with Crippen molar-refractivity contribution in [3.8, 4) is 0 Å². The maximum absolute atomic E-state index is 12.5. The molecule has 6 nitrogen and oxygen atoms in total. The van der Waals surface area contributed by atoms with Crippen LogP contribution in [0.2, 0.25) is 0 Å². The van der Waals surface area contributed by atoms with Crippen LogP contribution < -0.4 is 10.6 Å². The first kappa shape index (κ1) is 19.0. The molecule has 0 spiro atoms. The standard InChI is InChI=1S/C19H27N3O3/c1-4-9-19(3,25)12-21-18(24)17(22-13(2)23)10-14-11-20-16-8-6-5-7-15(14)16/h5-8,11,17,20,25H,4,9-10,12H2,1-3H3,(H,21,24)(H,22,23)/t17-,19-/m0/s1. The van der Waals surface area contributed by atoms with Gasteiger partial charge in [0.1, 0.15) is 6.04 Å². The van der Waals surface area contributed by atoms with Gasteiger partial charge in [0.15, 0.2) is 0 Å². The molecule has 136 valence electrons. The van der Waals surface area contributed by atoms with E-state index in [-0.39, 0.29) is 18.4 Å². The molecule has 1 aromatic heterocycles. The van der Waals surface area contributed by atoms with Crippen molar-refractivity contribution in [2.45, 2.75) is 51.7 Å². The molecule has 0 unspecified atom stereocenters. The molecule has 4 N–H and O–H groups in total.